The lowest BCUT2D eigenvalue weighted by atomic mass is 9.79. The van der Waals surface area contributed by atoms with Crippen LogP contribution in [0.4, 0.5) is 5.82 Å². The summed E-state index contributed by atoms with van der Waals surface area (Å²) in [4.78, 5) is 11.5. The van der Waals surface area contributed by atoms with Crippen molar-refractivity contribution in [3.8, 4) is 16.9 Å². The molecule has 0 unspecified atom stereocenters. The zero-order valence-corrected chi connectivity index (χ0v) is 18.9. The number of nitrogen functional groups attached to an aromatic ring is 1. The van der Waals surface area contributed by atoms with E-state index < -0.39 is 0 Å². The maximum Gasteiger partial charge on any atom is 0.146 e. The van der Waals surface area contributed by atoms with Gasteiger partial charge in [-0.25, -0.2) is 9.97 Å². The van der Waals surface area contributed by atoms with Crippen LogP contribution in [0.1, 0.15) is 38.6 Å². The van der Waals surface area contributed by atoms with Crippen molar-refractivity contribution in [2.45, 2.75) is 38.6 Å². The SMILES string of the molecule is CCCOCCOc1cccc(-c2cn(C3CC(CN4CCC4)C3)c3ncnc(N)c23)c1. The minimum absolute atomic E-state index is 0.474. The van der Waals surface area contributed by atoms with Crippen molar-refractivity contribution in [1.82, 2.24) is 19.4 Å². The predicted molar refractivity (Wildman–Crippen MR) is 127 cm³/mol. The number of anilines is 1. The minimum Gasteiger partial charge on any atom is -0.491 e. The van der Waals surface area contributed by atoms with Gasteiger partial charge in [0.2, 0.25) is 0 Å². The standard InChI is InChI=1S/C25H33N5O2/c1-2-9-31-10-11-32-21-6-3-5-19(14-21)22-16-30(25-23(22)24(26)27-17-28-25)20-12-18(13-20)15-29-7-4-8-29/h3,5-6,14,16-18,20H,2,4,7-13,15H2,1H3,(H2,26,27,28). The summed E-state index contributed by atoms with van der Waals surface area (Å²) in [5, 5.41) is 0.933. The molecule has 1 saturated carbocycles. The van der Waals surface area contributed by atoms with Crippen molar-refractivity contribution in [1.29, 1.82) is 0 Å². The van der Waals surface area contributed by atoms with E-state index in [1.807, 2.05) is 12.1 Å². The van der Waals surface area contributed by atoms with Crippen LogP contribution in [-0.2, 0) is 4.74 Å². The Morgan fingerprint density at radius 1 is 1.12 bits per heavy atom. The number of likely N-dealkylation sites (tertiary alicyclic amines) is 1. The van der Waals surface area contributed by atoms with Gasteiger partial charge in [-0.15, -0.1) is 0 Å². The van der Waals surface area contributed by atoms with Crippen LogP contribution in [0.2, 0.25) is 0 Å². The van der Waals surface area contributed by atoms with Gasteiger partial charge < -0.3 is 24.7 Å². The van der Waals surface area contributed by atoms with Crippen molar-refractivity contribution in [2.75, 3.05) is 45.2 Å². The molecule has 2 N–H and O–H groups in total. The molecule has 0 bridgehead atoms. The lowest BCUT2D eigenvalue weighted by molar-refractivity contribution is 0.0921. The average molecular weight is 436 g/mol. The zero-order chi connectivity index (χ0) is 21.9. The second kappa shape index (κ2) is 9.46. The van der Waals surface area contributed by atoms with Crippen LogP contribution in [0, 0.1) is 5.92 Å². The lowest BCUT2D eigenvalue weighted by Crippen LogP contribution is -2.43. The third-order valence-electron chi connectivity index (χ3n) is 6.70. The Morgan fingerprint density at radius 2 is 2.00 bits per heavy atom. The molecule has 32 heavy (non-hydrogen) atoms. The third-order valence-corrected chi connectivity index (χ3v) is 6.70. The number of fused-ring (bicyclic) bond motifs is 1. The van der Waals surface area contributed by atoms with Gasteiger partial charge in [0, 0.05) is 31.0 Å². The number of nitrogens with zero attached hydrogens (tertiary/aromatic N) is 4. The van der Waals surface area contributed by atoms with E-state index in [-0.39, 0.29) is 0 Å². The summed E-state index contributed by atoms with van der Waals surface area (Å²) >= 11 is 0. The van der Waals surface area contributed by atoms with Gasteiger partial charge in [-0.1, -0.05) is 19.1 Å². The number of aromatic nitrogens is 3. The fourth-order valence-corrected chi connectivity index (χ4v) is 4.83. The first-order valence-electron chi connectivity index (χ1n) is 11.9. The van der Waals surface area contributed by atoms with Gasteiger partial charge in [-0.2, -0.15) is 0 Å². The highest BCUT2D eigenvalue weighted by Crippen LogP contribution is 2.43. The molecule has 7 heteroatoms. The Kier molecular flexibility index (Phi) is 6.28. The maximum absolute atomic E-state index is 6.33. The van der Waals surface area contributed by atoms with E-state index in [0.29, 0.717) is 25.1 Å². The topological polar surface area (TPSA) is 78.4 Å². The molecule has 3 aromatic rings. The van der Waals surface area contributed by atoms with Gasteiger partial charge in [0.25, 0.3) is 0 Å². The molecule has 2 aromatic heterocycles. The van der Waals surface area contributed by atoms with Crippen LogP contribution in [0.3, 0.4) is 0 Å². The Bertz CT molecular complexity index is 1060. The van der Waals surface area contributed by atoms with Crippen LogP contribution < -0.4 is 10.5 Å². The van der Waals surface area contributed by atoms with Crippen LogP contribution in [0.25, 0.3) is 22.2 Å². The Morgan fingerprint density at radius 3 is 2.78 bits per heavy atom. The predicted octanol–water partition coefficient (Wildman–Crippen LogP) is 4.14. The number of nitrogens with two attached hydrogens (primary N) is 1. The Labute approximate surface area is 189 Å². The quantitative estimate of drug-likeness (QED) is 0.482. The molecule has 7 nitrogen and oxygen atoms in total. The summed E-state index contributed by atoms with van der Waals surface area (Å²) < 4.78 is 13.8. The molecular weight excluding hydrogens is 402 g/mol. The zero-order valence-electron chi connectivity index (χ0n) is 18.9. The fraction of sp³-hybridized carbons (Fsp3) is 0.520. The van der Waals surface area contributed by atoms with E-state index in [2.05, 4.69) is 44.7 Å². The maximum atomic E-state index is 6.33. The normalized spacial score (nSPS) is 20.8. The van der Waals surface area contributed by atoms with E-state index >= 15 is 0 Å². The molecule has 3 heterocycles. The number of ether oxygens (including phenoxy) is 2. The summed E-state index contributed by atoms with van der Waals surface area (Å²) in [5.74, 6) is 2.14. The highest BCUT2D eigenvalue weighted by Gasteiger charge is 2.34. The Hall–Kier alpha value is -2.64. The van der Waals surface area contributed by atoms with Gasteiger partial charge in [0.05, 0.1) is 12.0 Å². The van der Waals surface area contributed by atoms with Crippen LogP contribution in [0.15, 0.2) is 36.8 Å². The van der Waals surface area contributed by atoms with Crippen molar-refractivity contribution in [3.63, 3.8) is 0 Å². The number of rotatable bonds is 10. The van der Waals surface area contributed by atoms with Gasteiger partial charge in [0.15, 0.2) is 0 Å². The molecule has 1 aliphatic heterocycles. The Balaban J connectivity index is 1.36. The van der Waals surface area contributed by atoms with Gasteiger partial charge >= 0.3 is 0 Å². The second-order valence-corrected chi connectivity index (χ2v) is 9.04. The van der Waals surface area contributed by atoms with Gasteiger partial charge in [-0.05, 0) is 62.4 Å². The number of hydrogen-bond acceptors (Lipinski definition) is 6. The lowest BCUT2D eigenvalue weighted by Gasteiger charge is -2.42. The van der Waals surface area contributed by atoms with Crippen LogP contribution in [0.5, 0.6) is 5.75 Å². The first-order valence-corrected chi connectivity index (χ1v) is 11.9. The fourth-order valence-electron chi connectivity index (χ4n) is 4.83. The summed E-state index contributed by atoms with van der Waals surface area (Å²) in [6.07, 6.45) is 8.55. The highest BCUT2D eigenvalue weighted by atomic mass is 16.5. The molecule has 5 rings (SSSR count). The molecule has 0 radical (unpaired) electrons. The number of hydrogen-bond donors (Lipinski definition) is 1. The van der Waals surface area contributed by atoms with E-state index in [9.17, 15) is 0 Å². The first-order chi connectivity index (χ1) is 15.7. The molecule has 2 fully saturated rings. The van der Waals surface area contributed by atoms with E-state index in [4.69, 9.17) is 15.2 Å². The molecule has 1 aromatic carbocycles. The summed E-state index contributed by atoms with van der Waals surface area (Å²) in [5.41, 5.74) is 9.40. The molecular formula is C25H33N5O2. The van der Waals surface area contributed by atoms with E-state index in [0.717, 1.165) is 46.9 Å². The second-order valence-electron chi connectivity index (χ2n) is 9.04. The van der Waals surface area contributed by atoms with Crippen LogP contribution >= 0.6 is 0 Å². The third kappa shape index (κ3) is 4.32. The molecule has 1 aliphatic carbocycles. The summed E-state index contributed by atoms with van der Waals surface area (Å²) in [6.45, 7) is 7.78. The first kappa shape index (κ1) is 21.2. The van der Waals surface area contributed by atoms with Crippen molar-refractivity contribution in [3.05, 3.63) is 36.8 Å². The minimum atomic E-state index is 0.474. The van der Waals surface area contributed by atoms with Crippen molar-refractivity contribution < 1.29 is 9.47 Å². The van der Waals surface area contributed by atoms with Crippen molar-refractivity contribution in [2.24, 2.45) is 5.92 Å². The summed E-state index contributed by atoms with van der Waals surface area (Å²) in [7, 11) is 0. The molecule has 2 aliphatic rings. The smallest absolute Gasteiger partial charge is 0.146 e. The largest absolute Gasteiger partial charge is 0.491 e. The van der Waals surface area contributed by atoms with E-state index in [1.54, 1.807) is 6.33 Å². The molecule has 0 spiro atoms. The summed E-state index contributed by atoms with van der Waals surface area (Å²) in [6, 6.07) is 8.64. The molecule has 0 amide bonds. The highest BCUT2D eigenvalue weighted by molar-refractivity contribution is 6.00. The number of benzene rings is 1. The van der Waals surface area contributed by atoms with Crippen molar-refractivity contribution >= 4 is 16.9 Å². The molecule has 1 saturated heterocycles. The average Bonchev–Trinajstić information content (AvgIpc) is 3.12. The monoisotopic (exact) mass is 435 g/mol. The molecule has 170 valence electrons. The molecule has 0 atom stereocenters. The van der Waals surface area contributed by atoms with Gasteiger partial charge in [-0.3, -0.25) is 0 Å². The van der Waals surface area contributed by atoms with Crippen LogP contribution in [-0.4, -0.2) is 58.9 Å². The van der Waals surface area contributed by atoms with Gasteiger partial charge in [0.1, 0.15) is 30.1 Å². The van der Waals surface area contributed by atoms with E-state index in [1.165, 1.54) is 38.9 Å².